The average molecular weight is 610 g/mol. The molecule has 0 bridgehead atoms. The van der Waals surface area contributed by atoms with Crippen LogP contribution in [0.2, 0.25) is 0 Å². The summed E-state index contributed by atoms with van der Waals surface area (Å²) in [7, 11) is -10.3. The monoisotopic (exact) mass is 610 g/mol. The minimum atomic E-state index is -4.64. The molecule has 2 unspecified atom stereocenters. The molecule has 1 fully saturated rings. The van der Waals surface area contributed by atoms with Crippen LogP contribution in [-0.2, 0) is 25.8 Å². The Kier molecular flexibility index (Phi) is 8.15. The smallest absolute Gasteiger partial charge is 0.534 e. The highest BCUT2D eigenvalue weighted by Crippen LogP contribution is 2.33. The SMILES string of the molecule is CS(=O)(=O)N1CCN(C(=O)NC(C(=O)NC2Cc3cccc(C(=O)O)c3OB2O)c2ccc(P(=O)(O)O)cc2)C1=O. The quantitative estimate of drug-likeness (QED) is 0.160. The first-order valence-corrected chi connectivity index (χ1v) is 15.3. The van der Waals surface area contributed by atoms with Crippen LogP contribution >= 0.6 is 7.60 Å². The van der Waals surface area contributed by atoms with E-state index in [-0.39, 0.29) is 41.7 Å². The Morgan fingerprint density at radius 2 is 1.78 bits per heavy atom. The Morgan fingerprint density at radius 3 is 2.34 bits per heavy atom. The lowest BCUT2D eigenvalue weighted by Gasteiger charge is -2.30. The molecule has 2 aliphatic rings. The van der Waals surface area contributed by atoms with E-state index in [1.807, 2.05) is 0 Å². The summed E-state index contributed by atoms with van der Waals surface area (Å²) < 4.78 is 41.1. The van der Waals surface area contributed by atoms with Crippen molar-refractivity contribution in [3.63, 3.8) is 0 Å². The fourth-order valence-electron chi connectivity index (χ4n) is 4.36. The summed E-state index contributed by atoms with van der Waals surface area (Å²) in [6.45, 7) is -0.608. The van der Waals surface area contributed by atoms with Gasteiger partial charge in [0.2, 0.25) is 15.9 Å². The minimum absolute atomic E-state index is 0.0273. The third-order valence-electron chi connectivity index (χ3n) is 6.39. The van der Waals surface area contributed by atoms with Crippen LogP contribution in [0.25, 0.3) is 0 Å². The summed E-state index contributed by atoms with van der Waals surface area (Å²) in [5.41, 5.74) is 0.204. The van der Waals surface area contributed by atoms with Gasteiger partial charge >= 0.3 is 32.7 Å². The fraction of sp³-hybridized carbons (Fsp3) is 0.273. The first kappa shape index (κ1) is 30.0. The molecule has 41 heavy (non-hydrogen) atoms. The number of carboxylic acids is 1. The second-order valence-corrected chi connectivity index (χ2v) is 12.7. The first-order chi connectivity index (χ1) is 19.1. The minimum Gasteiger partial charge on any atom is -0.534 e. The molecule has 5 amide bonds. The van der Waals surface area contributed by atoms with E-state index < -0.39 is 60.7 Å². The van der Waals surface area contributed by atoms with Gasteiger partial charge in [0.25, 0.3) is 0 Å². The molecule has 0 aromatic heterocycles. The normalized spacial score (nSPS) is 17.9. The number of nitrogens with zero attached hydrogens (tertiary/aromatic N) is 2. The van der Waals surface area contributed by atoms with E-state index in [2.05, 4.69) is 10.6 Å². The van der Waals surface area contributed by atoms with Crippen molar-refractivity contribution in [1.29, 1.82) is 0 Å². The van der Waals surface area contributed by atoms with Gasteiger partial charge in [0.05, 0.1) is 36.2 Å². The maximum atomic E-state index is 13.4. The Labute approximate surface area is 233 Å². The molecule has 0 saturated carbocycles. The number of para-hydroxylation sites is 1. The molecule has 2 aromatic carbocycles. The van der Waals surface area contributed by atoms with Gasteiger partial charge in [-0.15, -0.1) is 0 Å². The number of amides is 5. The second kappa shape index (κ2) is 11.1. The number of carbonyl (C=O) groups is 4. The summed E-state index contributed by atoms with van der Waals surface area (Å²) in [6, 6.07) is 4.83. The predicted octanol–water partition coefficient (Wildman–Crippen LogP) is -1.22. The standard InChI is InChI=1S/C22H24BN4O12PS/c1-41(37,38)27-10-9-26(22(27)32)21(31)25-17(12-5-7-14(8-6-12)40(34,35)36)19(28)24-16-11-13-3-2-4-15(20(29)30)18(13)39-23(16)33/h2-8,16-17,33H,9-11H2,1H3,(H,24,28)(H,25,31)(H,29,30)(H2,34,35,36). The van der Waals surface area contributed by atoms with Crippen molar-refractivity contribution in [1.82, 2.24) is 19.8 Å². The summed E-state index contributed by atoms with van der Waals surface area (Å²) in [4.78, 5) is 69.8. The summed E-state index contributed by atoms with van der Waals surface area (Å²) >= 11 is 0. The Hall–Kier alpha value is -3.96. The lowest BCUT2D eigenvalue weighted by atomic mass is 9.72. The molecule has 2 aromatic rings. The van der Waals surface area contributed by atoms with Crippen LogP contribution in [0.3, 0.4) is 0 Å². The van der Waals surface area contributed by atoms with Crippen molar-refractivity contribution < 1.29 is 56.7 Å². The predicted molar refractivity (Wildman–Crippen MR) is 141 cm³/mol. The van der Waals surface area contributed by atoms with E-state index in [1.54, 1.807) is 6.07 Å². The maximum absolute atomic E-state index is 13.4. The third-order valence-corrected chi connectivity index (χ3v) is 8.50. The second-order valence-electron chi connectivity index (χ2n) is 9.21. The topological polar surface area (TPSA) is 240 Å². The van der Waals surface area contributed by atoms with Crippen molar-refractivity contribution in [3.05, 3.63) is 59.2 Å². The summed E-state index contributed by atoms with van der Waals surface area (Å²) in [5, 5.41) is 24.4. The number of aromatic carboxylic acids is 1. The molecule has 2 aliphatic heterocycles. The Bertz CT molecular complexity index is 1560. The molecule has 19 heteroatoms. The lowest BCUT2D eigenvalue weighted by Crippen LogP contribution is -2.56. The highest BCUT2D eigenvalue weighted by Gasteiger charge is 2.42. The van der Waals surface area contributed by atoms with E-state index in [9.17, 15) is 52.1 Å². The molecule has 1 saturated heterocycles. The zero-order chi connectivity index (χ0) is 30.3. The average Bonchev–Trinajstić information content (AvgIpc) is 3.28. The van der Waals surface area contributed by atoms with Gasteiger partial charge in [-0.25, -0.2) is 32.0 Å². The number of benzene rings is 2. The van der Waals surface area contributed by atoms with Crippen LogP contribution in [0.5, 0.6) is 5.75 Å². The maximum Gasteiger partial charge on any atom is 0.547 e. The Morgan fingerprint density at radius 1 is 1.12 bits per heavy atom. The molecule has 218 valence electrons. The van der Waals surface area contributed by atoms with Crippen LogP contribution < -0.4 is 20.6 Å². The van der Waals surface area contributed by atoms with Crippen molar-refractivity contribution in [2.75, 3.05) is 19.3 Å². The van der Waals surface area contributed by atoms with Gasteiger partial charge in [-0.1, -0.05) is 24.3 Å². The molecule has 6 N–H and O–H groups in total. The zero-order valence-electron chi connectivity index (χ0n) is 21.2. The highest BCUT2D eigenvalue weighted by molar-refractivity contribution is 7.88. The number of sulfonamides is 1. The first-order valence-electron chi connectivity index (χ1n) is 11.8. The van der Waals surface area contributed by atoms with Gasteiger partial charge in [0.1, 0.15) is 11.8 Å². The van der Waals surface area contributed by atoms with Gasteiger partial charge in [0, 0.05) is 0 Å². The number of rotatable bonds is 7. The number of fused-ring (bicyclic) bond motifs is 1. The molecule has 16 nitrogen and oxygen atoms in total. The van der Waals surface area contributed by atoms with Gasteiger partial charge in [-0.05, 0) is 35.7 Å². The van der Waals surface area contributed by atoms with E-state index in [0.29, 0.717) is 14.8 Å². The molecular weight excluding hydrogens is 586 g/mol. The number of hydrogen-bond donors (Lipinski definition) is 6. The van der Waals surface area contributed by atoms with Gasteiger partial charge in [-0.3, -0.25) is 9.36 Å². The van der Waals surface area contributed by atoms with E-state index >= 15 is 0 Å². The Balaban J connectivity index is 1.60. The third kappa shape index (κ3) is 6.36. The van der Waals surface area contributed by atoms with Crippen molar-refractivity contribution in [2.24, 2.45) is 0 Å². The number of imide groups is 1. The molecular formula is C22H24BN4O12PS. The number of hydrogen-bond acceptors (Lipinski definition) is 9. The number of urea groups is 2. The molecule has 2 atom stereocenters. The van der Waals surface area contributed by atoms with Gasteiger partial charge in [0.15, 0.2) is 0 Å². The molecule has 0 spiro atoms. The van der Waals surface area contributed by atoms with Crippen LogP contribution in [0.1, 0.15) is 27.5 Å². The largest absolute Gasteiger partial charge is 0.547 e. The molecule has 2 heterocycles. The number of carbonyl (C=O) groups excluding carboxylic acids is 3. The summed E-state index contributed by atoms with van der Waals surface area (Å²) in [5.74, 6) is -3.41. The van der Waals surface area contributed by atoms with E-state index in [0.717, 1.165) is 30.5 Å². The summed E-state index contributed by atoms with van der Waals surface area (Å²) in [6.07, 6.45) is 0.731. The lowest BCUT2D eigenvalue weighted by molar-refractivity contribution is -0.123. The van der Waals surface area contributed by atoms with Crippen molar-refractivity contribution >= 4 is 54.0 Å². The molecule has 0 radical (unpaired) electrons. The van der Waals surface area contributed by atoms with Crippen LogP contribution in [0, 0.1) is 0 Å². The highest BCUT2D eigenvalue weighted by atomic mass is 32.2. The van der Waals surface area contributed by atoms with Crippen LogP contribution in [0.4, 0.5) is 9.59 Å². The van der Waals surface area contributed by atoms with Crippen molar-refractivity contribution in [3.8, 4) is 5.75 Å². The molecule has 0 aliphatic carbocycles. The number of nitrogens with one attached hydrogen (secondary N) is 2. The van der Waals surface area contributed by atoms with Crippen LogP contribution in [0.15, 0.2) is 42.5 Å². The molecule has 4 rings (SSSR count). The van der Waals surface area contributed by atoms with Gasteiger partial charge < -0.3 is 35.2 Å². The van der Waals surface area contributed by atoms with E-state index in [4.69, 9.17) is 4.65 Å². The number of carboxylic acid groups (broad SMARTS) is 1. The van der Waals surface area contributed by atoms with Gasteiger partial charge in [-0.2, -0.15) is 0 Å². The van der Waals surface area contributed by atoms with Crippen molar-refractivity contribution in [2.45, 2.75) is 18.4 Å². The van der Waals surface area contributed by atoms with Crippen LogP contribution in [-0.4, -0.2) is 93.9 Å². The van der Waals surface area contributed by atoms with E-state index in [1.165, 1.54) is 12.1 Å². The fourth-order valence-corrected chi connectivity index (χ4v) is 5.69. The zero-order valence-corrected chi connectivity index (χ0v) is 22.9.